The average Bonchev–Trinajstić information content (AvgIpc) is 3.38. The molecule has 2 aromatic rings. The Balaban J connectivity index is 1.49. The molecule has 1 aromatic heterocycles. The zero-order valence-electron chi connectivity index (χ0n) is 17.1. The van der Waals surface area contributed by atoms with Crippen LogP contribution in [0.2, 0.25) is 0 Å². The third kappa shape index (κ3) is 3.30. The first-order chi connectivity index (χ1) is 14.4. The number of anilines is 1. The van der Waals surface area contributed by atoms with Crippen molar-refractivity contribution in [3.63, 3.8) is 0 Å². The molecule has 0 saturated heterocycles. The molecule has 30 heavy (non-hydrogen) atoms. The fourth-order valence-corrected chi connectivity index (χ4v) is 5.89. The molecule has 3 aliphatic rings. The van der Waals surface area contributed by atoms with E-state index in [2.05, 4.69) is 27.8 Å². The molecule has 0 saturated carbocycles. The second-order valence-electron chi connectivity index (χ2n) is 8.43. The summed E-state index contributed by atoms with van der Waals surface area (Å²) >= 11 is 0. The maximum absolute atomic E-state index is 13.2. The number of hydrogen-bond donors (Lipinski definition) is 2. The second kappa shape index (κ2) is 7.39. The molecule has 2 heterocycles. The number of nitrogens with two attached hydrogens (primary N) is 1. The zero-order chi connectivity index (χ0) is 20.9. The fourth-order valence-electron chi connectivity index (χ4n) is 4.89. The van der Waals surface area contributed by atoms with Crippen LogP contribution in [0.25, 0.3) is 0 Å². The van der Waals surface area contributed by atoms with Crippen molar-refractivity contribution in [3.05, 3.63) is 34.5 Å². The van der Waals surface area contributed by atoms with Gasteiger partial charge in [0.15, 0.2) is 9.92 Å². The van der Waals surface area contributed by atoms with E-state index in [0.29, 0.717) is 24.9 Å². The highest BCUT2D eigenvalue weighted by atomic mass is 32.2. The second-order valence-corrected chi connectivity index (χ2v) is 10.2. The fraction of sp³-hybridized carbons (Fsp3) is 0.524. The lowest BCUT2D eigenvalue weighted by molar-refractivity contribution is 0.260. The van der Waals surface area contributed by atoms with Crippen molar-refractivity contribution in [2.75, 3.05) is 11.9 Å². The Kier molecular flexibility index (Phi) is 4.82. The van der Waals surface area contributed by atoms with Crippen LogP contribution in [0.1, 0.15) is 60.8 Å². The molecule has 3 N–H and O–H groups in total. The van der Waals surface area contributed by atoms with Gasteiger partial charge in [0, 0.05) is 12.2 Å². The SMILES string of the molecule is CC1CCc2c1cc1c(c2NC(=O)N=S(N)(=O)c2cnn3c2OCCCC3)CCC1. The minimum Gasteiger partial charge on any atom is -0.477 e. The number of aromatic nitrogens is 2. The Labute approximate surface area is 176 Å². The molecule has 0 bridgehead atoms. The Morgan fingerprint density at radius 1 is 1.30 bits per heavy atom. The lowest BCUT2D eigenvalue weighted by Crippen LogP contribution is -2.19. The number of carbonyl (C=O) groups excluding carboxylic acids is 1. The molecule has 2 amide bonds. The van der Waals surface area contributed by atoms with Crippen molar-refractivity contribution < 1.29 is 13.7 Å². The van der Waals surface area contributed by atoms with Crippen LogP contribution >= 0.6 is 0 Å². The number of benzene rings is 1. The predicted molar refractivity (Wildman–Crippen MR) is 114 cm³/mol. The molecule has 0 fully saturated rings. The molecular weight excluding hydrogens is 402 g/mol. The molecule has 1 aromatic carbocycles. The average molecular weight is 430 g/mol. The molecule has 160 valence electrons. The summed E-state index contributed by atoms with van der Waals surface area (Å²) in [6, 6.07) is 1.63. The molecule has 0 radical (unpaired) electrons. The van der Waals surface area contributed by atoms with Gasteiger partial charge in [0.1, 0.15) is 4.90 Å². The van der Waals surface area contributed by atoms with E-state index in [1.54, 1.807) is 4.68 Å². The van der Waals surface area contributed by atoms with E-state index < -0.39 is 15.9 Å². The topological polar surface area (TPSA) is 112 Å². The highest BCUT2D eigenvalue weighted by Crippen LogP contribution is 2.43. The number of carbonyl (C=O) groups is 1. The van der Waals surface area contributed by atoms with Crippen LogP contribution in [0.15, 0.2) is 21.5 Å². The van der Waals surface area contributed by atoms with Crippen molar-refractivity contribution in [1.29, 1.82) is 0 Å². The Morgan fingerprint density at radius 2 is 2.17 bits per heavy atom. The van der Waals surface area contributed by atoms with Gasteiger partial charge < -0.3 is 10.1 Å². The standard InChI is InChI=1S/C21H27N5O3S/c1-13-7-8-16-17(13)11-14-5-4-6-15(14)19(16)24-21(27)25-30(22,28)18-12-23-26-9-2-3-10-29-20(18)26/h11-13H,2-10H2,1H3,(H3,22,24,25,27,28). The minimum absolute atomic E-state index is 0.177. The first-order valence-electron chi connectivity index (χ1n) is 10.7. The predicted octanol–water partition coefficient (Wildman–Crippen LogP) is 3.53. The normalized spacial score (nSPS) is 21.6. The van der Waals surface area contributed by atoms with E-state index in [1.165, 1.54) is 28.5 Å². The number of nitrogens with one attached hydrogen (secondary N) is 1. The summed E-state index contributed by atoms with van der Waals surface area (Å²) in [6.07, 6.45) is 8.26. The lowest BCUT2D eigenvalue weighted by Gasteiger charge is -2.16. The van der Waals surface area contributed by atoms with E-state index >= 15 is 0 Å². The largest absolute Gasteiger partial charge is 0.477 e. The maximum atomic E-state index is 13.2. The first kappa shape index (κ1) is 19.6. The molecule has 2 aliphatic carbocycles. The maximum Gasteiger partial charge on any atom is 0.354 e. The first-order valence-corrected chi connectivity index (χ1v) is 12.2. The number of hydrogen-bond acceptors (Lipinski definition) is 4. The van der Waals surface area contributed by atoms with E-state index in [9.17, 15) is 9.00 Å². The Bertz CT molecular complexity index is 1150. The lowest BCUT2D eigenvalue weighted by atomic mass is 9.96. The van der Waals surface area contributed by atoms with Crippen LogP contribution in [0.5, 0.6) is 5.88 Å². The van der Waals surface area contributed by atoms with E-state index in [0.717, 1.165) is 50.6 Å². The van der Waals surface area contributed by atoms with Gasteiger partial charge in [-0.3, -0.25) is 0 Å². The Hall–Kier alpha value is -2.39. The monoisotopic (exact) mass is 429 g/mol. The van der Waals surface area contributed by atoms with Gasteiger partial charge in [-0.25, -0.2) is 18.8 Å². The molecule has 2 atom stereocenters. The summed E-state index contributed by atoms with van der Waals surface area (Å²) in [6.45, 7) is 3.39. The zero-order valence-corrected chi connectivity index (χ0v) is 18.0. The van der Waals surface area contributed by atoms with Crippen LogP contribution in [-0.2, 0) is 35.7 Å². The summed E-state index contributed by atoms with van der Waals surface area (Å²) in [5.41, 5.74) is 5.87. The van der Waals surface area contributed by atoms with Crippen LogP contribution in [0.3, 0.4) is 0 Å². The molecule has 0 spiro atoms. The highest BCUT2D eigenvalue weighted by Gasteiger charge is 2.29. The highest BCUT2D eigenvalue weighted by molar-refractivity contribution is 7.91. The van der Waals surface area contributed by atoms with E-state index in [1.807, 2.05) is 0 Å². The Morgan fingerprint density at radius 3 is 3.03 bits per heavy atom. The van der Waals surface area contributed by atoms with Crippen molar-refractivity contribution in [1.82, 2.24) is 9.78 Å². The van der Waals surface area contributed by atoms with Gasteiger partial charge in [0.2, 0.25) is 5.88 Å². The van der Waals surface area contributed by atoms with E-state index in [-0.39, 0.29) is 4.90 Å². The van der Waals surface area contributed by atoms with Gasteiger partial charge in [0.25, 0.3) is 0 Å². The molecule has 5 rings (SSSR count). The third-order valence-electron chi connectivity index (χ3n) is 6.43. The van der Waals surface area contributed by atoms with Gasteiger partial charge >= 0.3 is 6.03 Å². The molecule has 1 aliphatic heterocycles. The molecule has 2 unspecified atom stereocenters. The number of amides is 2. The third-order valence-corrected chi connectivity index (χ3v) is 7.78. The van der Waals surface area contributed by atoms with Crippen molar-refractivity contribution in [2.45, 2.75) is 69.2 Å². The quantitative estimate of drug-likeness (QED) is 0.760. The molecule has 9 heteroatoms. The molecule has 8 nitrogen and oxygen atoms in total. The number of urea groups is 1. The van der Waals surface area contributed by atoms with Crippen molar-refractivity contribution in [3.8, 4) is 5.88 Å². The van der Waals surface area contributed by atoms with Gasteiger partial charge in [-0.2, -0.15) is 5.10 Å². The van der Waals surface area contributed by atoms with E-state index in [4.69, 9.17) is 9.88 Å². The van der Waals surface area contributed by atoms with Crippen LogP contribution < -0.4 is 15.2 Å². The summed E-state index contributed by atoms with van der Waals surface area (Å²) in [7, 11) is -3.48. The summed E-state index contributed by atoms with van der Waals surface area (Å²) in [5, 5.41) is 13.2. The van der Waals surface area contributed by atoms with Gasteiger partial charge in [-0.1, -0.05) is 13.0 Å². The smallest absolute Gasteiger partial charge is 0.354 e. The van der Waals surface area contributed by atoms with Gasteiger partial charge in [-0.15, -0.1) is 4.36 Å². The number of fused-ring (bicyclic) bond motifs is 3. The summed E-state index contributed by atoms with van der Waals surface area (Å²) < 4.78 is 24.4. The summed E-state index contributed by atoms with van der Waals surface area (Å²) in [5.74, 6) is 0.837. The number of aryl methyl sites for hydroxylation is 2. The number of ether oxygens (including phenoxy) is 1. The van der Waals surface area contributed by atoms with Crippen LogP contribution in [0.4, 0.5) is 10.5 Å². The minimum atomic E-state index is -3.48. The van der Waals surface area contributed by atoms with Gasteiger partial charge in [-0.05, 0) is 73.1 Å². The van der Waals surface area contributed by atoms with Crippen molar-refractivity contribution >= 4 is 21.6 Å². The summed E-state index contributed by atoms with van der Waals surface area (Å²) in [4.78, 5) is 13.0. The number of nitrogens with zero attached hydrogens (tertiary/aromatic N) is 3. The van der Waals surface area contributed by atoms with Crippen LogP contribution in [-0.4, -0.2) is 26.6 Å². The van der Waals surface area contributed by atoms with Crippen molar-refractivity contribution in [2.24, 2.45) is 9.50 Å². The number of rotatable bonds is 2. The van der Waals surface area contributed by atoms with Gasteiger partial charge in [0.05, 0.1) is 12.8 Å². The van der Waals surface area contributed by atoms with Crippen LogP contribution in [0, 0.1) is 0 Å². The molecular formula is C21H27N5O3S.